The third kappa shape index (κ3) is 3.86. The Morgan fingerprint density at radius 2 is 2.17 bits per heavy atom. The van der Waals surface area contributed by atoms with Crippen molar-refractivity contribution in [3.8, 4) is 11.8 Å². The van der Waals surface area contributed by atoms with Crippen LogP contribution in [0.15, 0.2) is 48.9 Å². The van der Waals surface area contributed by atoms with E-state index in [1.54, 1.807) is 24.5 Å². The summed E-state index contributed by atoms with van der Waals surface area (Å²) in [5, 5.41) is 21.9. The molecule has 0 aliphatic heterocycles. The van der Waals surface area contributed by atoms with Gasteiger partial charge in [-0.05, 0) is 29.8 Å². The molecule has 29 heavy (non-hydrogen) atoms. The van der Waals surface area contributed by atoms with Crippen molar-refractivity contribution >= 4 is 23.3 Å². The van der Waals surface area contributed by atoms with E-state index in [9.17, 15) is 20.0 Å². The van der Waals surface area contributed by atoms with Gasteiger partial charge in [0.25, 0.3) is 0 Å². The highest BCUT2D eigenvalue weighted by atomic mass is 16.5. The van der Waals surface area contributed by atoms with Gasteiger partial charge in [0.05, 0.1) is 35.3 Å². The van der Waals surface area contributed by atoms with Crippen molar-refractivity contribution in [3.63, 3.8) is 0 Å². The third-order valence-electron chi connectivity index (χ3n) is 4.25. The lowest BCUT2D eigenvalue weighted by Gasteiger charge is -2.16. The number of carboxylic acids is 1. The van der Waals surface area contributed by atoms with E-state index >= 15 is 0 Å². The monoisotopic (exact) mass is 391 g/mol. The molecule has 9 heteroatoms. The van der Waals surface area contributed by atoms with Crippen LogP contribution in [0, 0.1) is 11.3 Å². The van der Waals surface area contributed by atoms with Crippen LogP contribution in [0.1, 0.15) is 32.0 Å². The lowest BCUT2D eigenvalue weighted by Crippen LogP contribution is -2.13. The summed E-state index contributed by atoms with van der Waals surface area (Å²) < 4.78 is 6.15. The lowest BCUT2D eigenvalue weighted by atomic mass is 10.1. The van der Waals surface area contributed by atoms with Gasteiger partial charge in [-0.3, -0.25) is 4.98 Å². The molecule has 0 aliphatic rings. The number of methoxy groups -OCH3 is 1. The van der Waals surface area contributed by atoms with Gasteiger partial charge in [0.2, 0.25) is 0 Å². The summed E-state index contributed by atoms with van der Waals surface area (Å²) in [6.07, 6.45) is 4.72. The van der Waals surface area contributed by atoms with Crippen LogP contribution < -0.4 is 11.1 Å². The summed E-state index contributed by atoms with van der Waals surface area (Å²) in [6.45, 7) is 0.405. The highest BCUT2D eigenvalue weighted by Gasteiger charge is 2.23. The van der Waals surface area contributed by atoms with Gasteiger partial charge in [0.1, 0.15) is 6.07 Å². The molecule has 0 atom stereocenters. The van der Waals surface area contributed by atoms with Crippen molar-refractivity contribution in [1.29, 1.82) is 5.26 Å². The molecule has 2 heterocycles. The van der Waals surface area contributed by atoms with Gasteiger partial charge in [-0.15, -0.1) is 0 Å². The van der Waals surface area contributed by atoms with Crippen LogP contribution in [0.25, 0.3) is 5.69 Å². The number of carboxylic acid groups (broad SMARTS) is 1. The van der Waals surface area contributed by atoms with Crippen molar-refractivity contribution in [2.75, 3.05) is 18.2 Å². The minimum Gasteiger partial charge on any atom is -0.478 e. The van der Waals surface area contributed by atoms with Crippen LogP contribution in [0.3, 0.4) is 0 Å². The van der Waals surface area contributed by atoms with Crippen LogP contribution in [-0.4, -0.2) is 33.7 Å². The Labute approximate surface area is 166 Å². The van der Waals surface area contributed by atoms with Crippen molar-refractivity contribution in [3.05, 3.63) is 71.3 Å². The average Bonchev–Trinajstić information content (AvgIpc) is 3.08. The van der Waals surface area contributed by atoms with Crippen molar-refractivity contribution in [1.82, 2.24) is 9.55 Å². The topological polar surface area (TPSA) is 143 Å². The SMILES string of the molecule is COC(=O)c1c(N)c(C#N)cn1-c1cc(C(=O)O)ccc1NCc1cccnc1. The number of nitrogen functional groups attached to an aromatic ring is 1. The number of pyridine rings is 1. The number of hydrogen-bond donors (Lipinski definition) is 3. The second-order valence-electron chi connectivity index (χ2n) is 6.03. The van der Waals surface area contributed by atoms with Crippen molar-refractivity contribution < 1.29 is 19.4 Å². The summed E-state index contributed by atoms with van der Waals surface area (Å²) in [5.74, 6) is -1.88. The van der Waals surface area contributed by atoms with Crippen LogP contribution >= 0.6 is 0 Å². The molecule has 0 saturated carbocycles. The molecule has 0 radical (unpaired) electrons. The molecular weight excluding hydrogens is 374 g/mol. The number of anilines is 2. The minimum absolute atomic E-state index is 0.00789. The van der Waals surface area contributed by atoms with E-state index in [-0.39, 0.29) is 22.5 Å². The summed E-state index contributed by atoms with van der Waals surface area (Å²) in [6, 6.07) is 10.0. The Hall–Kier alpha value is -4.32. The summed E-state index contributed by atoms with van der Waals surface area (Å²) in [7, 11) is 1.19. The molecule has 0 aliphatic carbocycles. The number of rotatable bonds is 6. The van der Waals surface area contributed by atoms with Crippen molar-refractivity contribution in [2.45, 2.75) is 6.54 Å². The second kappa shape index (κ2) is 8.14. The third-order valence-corrected chi connectivity index (χ3v) is 4.25. The number of aromatic carboxylic acids is 1. The zero-order valence-corrected chi connectivity index (χ0v) is 15.4. The molecule has 3 rings (SSSR count). The molecule has 2 aromatic heterocycles. The van der Waals surface area contributed by atoms with Gasteiger partial charge >= 0.3 is 11.9 Å². The van der Waals surface area contributed by atoms with E-state index in [0.29, 0.717) is 17.9 Å². The van der Waals surface area contributed by atoms with Gasteiger partial charge < -0.3 is 25.5 Å². The number of nitrogens with two attached hydrogens (primary N) is 1. The molecule has 146 valence electrons. The van der Waals surface area contributed by atoms with Gasteiger partial charge in [-0.25, -0.2) is 9.59 Å². The highest BCUT2D eigenvalue weighted by Crippen LogP contribution is 2.30. The molecule has 0 saturated heterocycles. The largest absolute Gasteiger partial charge is 0.478 e. The zero-order valence-electron chi connectivity index (χ0n) is 15.4. The Morgan fingerprint density at radius 3 is 2.79 bits per heavy atom. The van der Waals surface area contributed by atoms with E-state index in [1.165, 1.54) is 30.0 Å². The number of nitrogens with zero attached hydrogens (tertiary/aromatic N) is 3. The fraction of sp³-hybridized carbons (Fsp3) is 0.100. The molecule has 0 spiro atoms. The second-order valence-corrected chi connectivity index (χ2v) is 6.03. The summed E-state index contributed by atoms with van der Waals surface area (Å²) in [5.41, 5.74) is 7.70. The molecule has 0 bridgehead atoms. The van der Waals surface area contributed by atoms with Gasteiger partial charge in [-0.1, -0.05) is 6.07 Å². The number of carbonyl (C=O) groups is 2. The Balaban J connectivity index is 2.14. The number of benzene rings is 1. The molecular formula is C20H17N5O4. The number of aromatic nitrogens is 2. The first kappa shape index (κ1) is 19.4. The van der Waals surface area contributed by atoms with E-state index in [1.807, 2.05) is 12.1 Å². The first-order valence-electron chi connectivity index (χ1n) is 8.46. The predicted molar refractivity (Wildman–Crippen MR) is 105 cm³/mol. The molecule has 3 aromatic rings. The Morgan fingerprint density at radius 1 is 1.38 bits per heavy atom. The zero-order chi connectivity index (χ0) is 21.0. The van der Waals surface area contributed by atoms with Crippen LogP contribution in [-0.2, 0) is 11.3 Å². The van der Waals surface area contributed by atoms with Crippen LogP contribution in [0.4, 0.5) is 11.4 Å². The van der Waals surface area contributed by atoms with Gasteiger partial charge in [0, 0.05) is 25.1 Å². The first-order valence-corrected chi connectivity index (χ1v) is 8.46. The average molecular weight is 391 g/mol. The smallest absolute Gasteiger partial charge is 0.357 e. The van der Waals surface area contributed by atoms with E-state index in [4.69, 9.17) is 10.5 Å². The molecule has 4 N–H and O–H groups in total. The van der Waals surface area contributed by atoms with E-state index < -0.39 is 11.9 Å². The fourth-order valence-corrected chi connectivity index (χ4v) is 2.82. The van der Waals surface area contributed by atoms with E-state index in [2.05, 4.69) is 10.3 Å². The number of nitrogens with one attached hydrogen (secondary N) is 1. The lowest BCUT2D eigenvalue weighted by molar-refractivity contribution is 0.0592. The highest BCUT2D eigenvalue weighted by molar-refractivity contribution is 5.97. The number of nitriles is 1. The molecule has 1 aromatic carbocycles. The Kier molecular flexibility index (Phi) is 5.46. The summed E-state index contributed by atoms with van der Waals surface area (Å²) >= 11 is 0. The van der Waals surface area contributed by atoms with Gasteiger partial charge in [-0.2, -0.15) is 5.26 Å². The maximum absolute atomic E-state index is 12.3. The fourth-order valence-electron chi connectivity index (χ4n) is 2.82. The normalized spacial score (nSPS) is 10.2. The van der Waals surface area contributed by atoms with Gasteiger partial charge in [0.15, 0.2) is 5.69 Å². The van der Waals surface area contributed by atoms with E-state index in [0.717, 1.165) is 5.56 Å². The first-order chi connectivity index (χ1) is 14.0. The van der Waals surface area contributed by atoms with Crippen LogP contribution in [0.2, 0.25) is 0 Å². The molecule has 0 amide bonds. The number of carbonyl (C=O) groups excluding carboxylic acids is 1. The molecule has 0 fully saturated rings. The van der Waals surface area contributed by atoms with Crippen LogP contribution in [0.5, 0.6) is 0 Å². The maximum Gasteiger partial charge on any atom is 0.357 e. The predicted octanol–water partition coefficient (Wildman–Crippen LogP) is 2.42. The standard InChI is InChI=1S/C20H17N5O4/c1-29-20(28)18-17(22)14(8-21)11-25(18)16-7-13(19(26)27)4-5-15(16)24-10-12-3-2-6-23-9-12/h2-7,9,11,24H,10,22H2,1H3,(H,26,27). The Bertz CT molecular complexity index is 1120. The number of ether oxygens (including phenoxy) is 1. The summed E-state index contributed by atoms with van der Waals surface area (Å²) in [4.78, 5) is 27.8. The van der Waals surface area contributed by atoms with Crippen molar-refractivity contribution in [2.24, 2.45) is 0 Å². The number of esters is 1. The minimum atomic E-state index is -1.13. The quantitative estimate of drug-likeness (QED) is 0.544. The molecule has 0 unspecified atom stereocenters. The molecule has 9 nitrogen and oxygen atoms in total. The maximum atomic E-state index is 12.3. The number of hydrogen-bond acceptors (Lipinski definition) is 7.